The molecule has 130 valence electrons. The molecule has 0 aliphatic rings. The topological polar surface area (TPSA) is 64.3 Å². The third kappa shape index (κ3) is 3.26. The highest BCUT2D eigenvalue weighted by molar-refractivity contribution is 7.17. The van der Waals surface area contributed by atoms with Gasteiger partial charge in [-0.15, -0.1) is 0 Å². The summed E-state index contributed by atoms with van der Waals surface area (Å²) in [5.74, 6) is 0.735. The molecule has 6 nitrogen and oxygen atoms in total. The number of ether oxygens (including phenoxy) is 1. The van der Waals surface area contributed by atoms with Crippen molar-refractivity contribution in [1.29, 1.82) is 0 Å². The minimum absolute atomic E-state index is 0.389. The van der Waals surface area contributed by atoms with E-state index in [1.807, 2.05) is 48.5 Å². The summed E-state index contributed by atoms with van der Waals surface area (Å²) in [4.78, 5) is 9.41. The fourth-order valence-corrected chi connectivity index (χ4v) is 3.50. The van der Waals surface area contributed by atoms with Gasteiger partial charge in [-0.25, -0.2) is 14.6 Å². The highest BCUT2D eigenvalue weighted by atomic mass is 35.5. The first kappa shape index (κ1) is 16.6. The van der Waals surface area contributed by atoms with Crippen molar-refractivity contribution in [3.05, 3.63) is 64.9 Å². The van der Waals surface area contributed by atoms with E-state index in [9.17, 15) is 0 Å². The van der Waals surface area contributed by atoms with Crippen molar-refractivity contribution in [1.82, 2.24) is 14.6 Å². The fourth-order valence-electron chi connectivity index (χ4n) is 2.46. The van der Waals surface area contributed by atoms with Crippen LogP contribution in [0.5, 0.6) is 5.75 Å². The molecule has 1 N–H and O–H groups in total. The Morgan fingerprint density at radius 3 is 2.88 bits per heavy atom. The molecule has 2 heterocycles. The number of nitrogens with zero attached hydrogens (tertiary/aromatic N) is 4. The molecule has 26 heavy (non-hydrogen) atoms. The number of fused-ring (bicyclic) bond motifs is 1. The average Bonchev–Trinajstić information content (AvgIpc) is 3.23. The van der Waals surface area contributed by atoms with Crippen molar-refractivity contribution in [3.63, 3.8) is 0 Å². The molecule has 0 bridgehead atoms. The van der Waals surface area contributed by atoms with E-state index in [4.69, 9.17) is 16.3 Å². The monoisotopic (exact) mass is 383 g/mol. The first-order valence-corrected chi connectivity index (χ1v) is 8.97. The standard InChI is InChI=1S/C18H14ClN5OS/c1-25-15-9-5-3-7-13(15)22-18-23-17(19)16(26-18)10-21-24-11-20-12-6-2-4-8-14(12)24/h2-11H,1H3,(H,22,23)/b21-10+. The molecule has 0 saturated carbocycles. The van der Waals surface area contributed by atoms with Crippen molar-refractivity contribution in [3.8, 4) is 5.75 Å². The first-order valence-electron chi connectivity index (χ1n) is 7.77. The summed E-state index contributed by atoms with van der Waals surface area (Å²) in [5.41, 5.74) is 2.64. The maximum absolute atomic E-state index is 6.26. The molecule has 0 atom stereocenters. The van der Waals surface area contributed by atoms with Gasteiger partial charge in [0.1, 0.15) is 12.1 Å². The van der Waals surface area contributed by atoms with Gasteiger partial charge in [0.25, 0.3) is 0 Å². The Hall–Kier alpha value is -2.90. The second kappa shape index (κ2) is 7.15. The van der Waals surface area contributed by atoms with Gasteiger partial charge in [-0.05, 0) is 24.3 Å². The SMILES string of the molecule is COc1ccccc1Nc1nc(Cl)c(/C=N/n2cnc3ccccc32)s1. The number of rotatable bonds is 5. The number of hydrogen-bond acceptors (Lipinski definition) is 6. The summed E-state index contributed by atoms with van der Waals surface area (Å²) < 4.78 is 7.04. The Labute approximate surface area is 158 Å². The van der Waals surface area contributed by atoms with Gasteiger partial charge in [0.05, 0.1) is 34.9 Å². The summed E-state index contributed by atoms with van der Waals surface area (Å²) in [6, 6.07) is 15.4. The van der Waals surface area contributed by atoms with Crippen LogP contribution in [0.2, 0.25) is 5.15 Å². The van der Waals surface area contributed by atoms with E-state index in [1.54, 1.807) is 24.3 Å². The van der Waals surface area contributed by atoms with Gasteiger partial charge < -0.3 is 10.1 Å². The van der Waals surface area contributed by atoms with Crippen LogP contribution < -0.4 is 10.1 Å². The van der Waals surface area contributed by atoms with E-state index in [0.29, 0.717) is 10.3 Å². The number of hydrogen-bond donors (Lipinski definition) is 1. The number of halogens is 1. The molecule has 2 aromatic heterocycles. The van der Waals surface area contributed by atoms with Gasteiger partial charge in [0.15, 0.2) is 10.3 Å². The van der Waals surface area contributed by atoms with Gasteiger partial charge in [-0.1, -0.05) is 47.2 Å². The van der Waals surface area contributed by atoms with E-state index in [-0.39, 0.29) is 0 Å². The van der Waals surface area contributed by atoms with Crippen molar-refractivity contribution < 1.29 is 4.74 Å². The minimum atomic E-state index is 0.389. The normalized spacial score (nSPS) is 11.3. The van der Waals surface area contributed by atoms with Gasteiger partial charge in [0.2, 0.25) is 0 Å². The van der Waals surface area contributed by atoms with Crippen LogP contribution >= 0.6 is 22.9 Å². The van der Waals surface area contributed by atoms with Crippen molar-refractivity contribution in [2.24, 2.45) is 5.10 Å². The number of methoxy groups -OCH3 is 1. The van der Waals surface area contributed by atoms with Gasteiger partial charge in [0, 0.05) is 0 Å². The highest BCUT2D eigenvalue weighted by Crippen LogP contribution is 2.31. The molecular weight excluding hydrogens is 370 g/mol. The number of imidazole rings is 1. The lowest BCUT2D eigenvalue weighted by Crippen LogP contribution is -1.93. The van der Waals surface area contributed by atoms with Crippen LogP contribution in [0.15, 0.2) is 60.0 Å². The zero-order chi connectivity index (χ0) is 17.9. The van der Waals surface area contributed by atoms with Crippen LogP contribution in [0.25, 0.3) is 11.0 Å². The third-order valence-electron chi connectivity index (χ3n) is 3.69. The molecule has 0 spiro atoms. The summed E-state index contributed by atoms with van der Waals surface area (Å²) >= 11 is 7.66. The molecule has 0 saturated heterocycles. The molecule has 4 rings (SSSR count). The summed E-state index contributed by atoms with van der Waals surface area (Å²) in [5, 5.41) is 8.72. The molecule has 4 aromatic rings. The third-order valence-corrected chi connectivity index (χ3v) is 5.00. The Morgan fingerprint density at radius 1 is 1.19 bits per heavy atom. The predicted molar refractivity (Wildman–Crippen MR) is 106 cm³/mol. The van der Waals surface area contributed by atoms with Crippen LogP contribution in [0.1, 0.15) is 4.88 Å². The molecule has 0 radical (unpaired) electrons. The quantitative estimate of drug-likeness (QED) is 0.504. The molecule has 2 aromatic carbocycles. The highest BCUT2D eigenvalue weighted by Gasteiger charge is 2.10. The Morgan fingerprint density at radius 2 is 2.00 bits per heavy atom. The van der Waals surface area contributed by atoms with Crippen molar-refractivity contribution in [2.75, 3.05) is 12.4 Å². The van der Waals surface area contributed by atoms with E-state index in [2.05, 4.69) is 20.4 Å². The van der Waals surface area contributed by atoms with E-state index >= 15 is 0 Å². The van der Waals surface area contributed by atoms with E-state index in [0.717, 1.165) is 27.3 Å². The molecule has 0 aliphatic carbocycles. The predicted octanol–water partition coefficient (Wildman–Crippen LogP) is 4.78. The molecule has 0 unspecified atom stereocenters. The number of thiazole rings is 1. The lowest BCUT2D eigenvalue weighted by Gasteiger charge is -2.07. The van der Waals surface area contributed by atoms with Crippen molar-refractivity contribution in [2.45, 2.75) is 0 Å². The lowest BCUT2D eigenvalue weighted by molar-refractivity contribution is 0.417. The maximum Gasteiger partial charge on any atom is 0.189 e. The number of anilines is 2. The smallest absolute Gasteiger partial charge is 0.189 e. The molecule has 8 heteroatoms. The minimum Gasteiger partial charge on any atom is -0.495 e. The first-order chi connectivity index (χ1) is 12.7. The maximum atomic E-state index is 6.26. The Kier molecular flexibility index (Phi) is 4.55. The molecule has 0 amide bonds. The average molecular weight is 384 g/mol. The lowest BCUT2D eigenvalue weighted by atomic mass is 10.3. The summed E-state index contributed by atoms with van der Waals surface area (Å²) in [6.07, 6.45) is 3.35. The second-order valence-electron chi connectivity index (χ2n) is 5.32. The Bertz CT molecular complexity index is 1090. The van der Waals surface area contributed by atoms with Crippen LogP contribution in [-0.4, -0.2) is 28.0 Å². The van der Waals surface area contributed by atoms with Crippen LogP contribution in [-0.2, 0) is 0 Å². The van der Waals surface area contributed by atoms with E-state index < -0.39 is 0 Å². The van der Waals surface area contributed by atoms with Gasteiger partial charge >= 0.3 is 0 Å². The Balaban J connectivity index is 1.59. The number of benzene rings is 2. The number of nitrogens with one attached hydrogen (secondary N) is 1. The zero-order valence-electron chi connectivity index (χ0n) is 13.8. The van der Waals surface area contributed by atoms with Gasteiger partial charge in [-0.2, -0.15) is 5.10 Å². The summed E-state index contributed by atoms with van der Waals surface area (Å²) in [7, 11) is 1.63. The van der Waals surface area contributed by atoms with E-state index in [1.165, 1.54) is 11.3 Å². The molecular formula is C18H14ClN5OS. The largest absolute Gasteiger partial charge is 0.495 e. The van der Waals surface area contributed by atoms with Crippen LogP contribution in [0, 0.1) is 0 Å². The number of para-hydroxylation sites is 4. The van der Waals surface area contributed by atoms with Gasteiger partial charge in [-0.3, -0.25) is 0 Å². The van der Waals surface area contributed by atoms with Crippen molar-refractivity contribution >= 4 is 51.0 Å². The number of aromatic nitrogens is 3. The van der Waals surface area contributed by atoms with Crippen LogP contribution in [0.4, 0.5) is 10.8 Å². The molecule has 0 aliphatic heterocycles. The van der Waals surface area contributed by atoms with Crippen LogP contribution in [0.3, 0.4) is 0 Å². The second-order valence-corrected chi connectivity index (χ2v) is 6.71. The molecule has 0 fully saturated rings. The fraction of sp³-hybridized carbons (Fsp3) is 0.0556. The summed E-state index contributed by atoms with van der Waals surface area (Å²) in [6.45, 7) is 0. The zero-order valence-corrected chi connectivity index (χ0v) is 15.3.